The Morgan fingerprint density at radius 1 is 0.969 bits per heavy atom. The third-order valence-electron chi connectivity index (χ3n) is 5.96. The number of likely N-dealkylation sites (tertiary alicyclic amines) is 1. The fourth-order valence-corrected chi connectivity index (χ4v) is 4.50. The van der Waals surface area contributed by atoms with Crippen LogP contribution in [-0.4, -0.2) is 30.9 Å². The number of hydrogen-bond acceptors (Lipinski definition) is 4. The minimum atomic E-state index is -0.0874. The second-order valence-electron chi connectivity index (χ2n) is 7.93. The fourth-order valence-electron chi connectivity index (χ4n) is 4.50. The van der Waals surface area contributed by atoms with Crippen molar-refractivity contribution in [3.63, 3.8) is 0 Å². The Balaban J connectivity index is 0.00000181. The maximum Gasteiger partial charge on any atom is 0.139 e. The largest absolute Gasteiger partial charge is 0.496 e. The molecule has 0 spiro atoms. The Hall–Kier alpha value is -2.53. The number of halogens is 2. The van der Waals surface area contributed by atoms with Crippen LogP contribution in [0.5, 0.6) is 5.75 Å². The van der Waals surface area contributed by atoms with Crippen molar-refractivity contribution >= 4 is 36.3 Å². The summed E-state index contributed by atoms with van der Waals surface area (Å²) in [4.78, 5) is 15.4. The molecule has 0 aliphatic carbocycles. The minimum Gasteiger partial charge on any atom is -0.496 e. The Morgan fingerprint density at radius 2 is 1.56 bits per heavy atom. The van der Waals surface area contributed by atoms with Gasteiger partial charge < -0.3 is 10.5 Å². The summed E-state index contributed by atoms with van der Waals surface area (Å²) < 4.78 is 5.53. The van der Waals surface area contributed by atoms with Gasteiger partial charge in [0.2, 0.25) is 0 Å². The number of anilines is 1. The van der Waals surface area contributed by atoms with E-state index in [0.29, 0.717) is 25.3 Å². The lowest BCUT2D eigenvalue weighted by atomic mass is 9.76. The van der Waals surface area contributed by atoms with Crippen molar-refractivity contribution in [2.24, 2.45) is 5.92 Å². The van der Waals surface area contributed by atoms with Crippen molar-refractivity contribution in [2.75, 3.05) is 25.9 Å². The molecule has 1 heterocycles. The predicted octanol–water partition coefficient (Wildman–Crippen LogP) is 5.34. The van der Waals surface area contributed by atoms with E-state index in [2.05, 4.69) is 29.2 Å². The number of benzene rings is 3. The van der Waals surface area contributed by atoms with Gasteiger partial charge in [0, 0.05) is 49.1 Å². The van der Waals surface area contributed by atoms with Crippen molar-refractivity contribution in [1.82, 2.24) is 4.90 Å². The third kappa shape index (κ3) is 5.83. The number of carbonyl (C=O) groups is 1. The molecule has 170 valence electrons. The van der Waals surface area contributed by atoms with Crippen molar-refractivity contribution in [3.8, 4) is 5.75 Å². The molecule has 3 aromatic carbocycles. The quantitative estimate of drug-likeness (QED) is 0.491. The maximum absolute atomic E-state index is 13.1. The molecule has 1 fully saturated rings. The molecule has 0 aromatic heterocycles. The highest BCUT2D eigenvalue weighted by Crippen LogP contribution is 2.36. The molecule has 1 aliphatic rings. The van der Waals surface area contributed by atoms with Crippen molar-refractivity contribution < 1.29 is 9.53 Å². The summed E-state index contributed by atoms with van der Waals surface area (Å²) in [6.07, 6.45) is 0.561. The van der Waals surface area contributed by atoms with E-state index in [0.717, 1.165) is 23.5 Å². The summed E-state index contributed by atoms with van der Waals surface area (Å²) in [6.45, 7) is 2.18. The number of nitrogens with zero attached hydrogens (tertiary/aromatic N) is 1. The fraction of sp³-hybridized carbons (Fsp3) is 0.269. The minimum absolute atomic E-state index is 0. The number of ketones is 1. The van der Waals surface area contributed by atoms with Gasteiger partial charge in [0.1, 0.15) is 11.5 Å². The molecule has 32 heavy (non-hydrogen) atoms. The molecular weight excluding hydrogens is 443 g/mol. The lowest BCUT2D eigenvalue weighted by Gasteiger charge is -2.36. The monoisotopic (exact) mass is 472 g/mol. The number of nitrogen functional groups attached to an aromatic ring is 1. The van der Waals surface area contributed by atoms with Gasteiger partial charge in [-0.2, -0.15) is 0 Å². The van der Waals surface area contributed by atoms with Gasteiger partial charge in [-0.05, 0) is 29.3 Å². The summed E-state index contributed by atoms with van der Waals surface area (Å²) in [6, 6.07) is 26.5. The van der Waals surface area contributed by atoms with Crippen LogP contribution in [0.15, 0.2) is 78.9 Å². The van der Waals surface area contributed by atoms with E-state index in [1.54, 1.807) is 7.11 Å². The summed E-state index contributed by atoms with van der Waals surface area (Å²) in [7, 11) is 1.68. The number of methoxy groups -OCH3 is 1. The summed E-state index contributed by atoms with van der Waals surface area (Å²) in [5.74, 6) is 1.13. The molecule has 6 heteroatoms. The molecule has 0 amide bonds. The van der Waals surface area contributed by atoms with Gasteiger partial charge in [-0.1, -0.05) is 60.7 Å². The Morgan fingerprint density at radius 3 is 2.12 bits per heavy atom. The van der Waals surface area contributed by atoms with Gasteiger partial charge in [0.25, 0.3) is 0 Å². The molecule has 1 aliphatic heterocycles. The Bertz CT molecular complexity index is 960. The van der Waals surface area contributed by atoms with Gasteiger partial charge in [-0.15, -0.1) is 24.8 Å². The first-order chi connectivity index (χ1) is 14.7. The highest BCUT2D eigenvalue weighted by molar-refractivity contribution is 5.85. The normalized spacial score (nSPS) is 16.2. The maximum atomic E-state index is 13.1. The van der Waals surface area contributed by atoms with E-state index in [1.165, 1.54) is 11.1 Å². The first kappa shape index (κ1) is 25.7. The number of Topliss-reactive ketones (excluding diaryl/α,β-unsaturated/α-hetero) is 1. The van der Waals surface area contributed by atoms with E-state index in [1.807, 2.05) is 54.6 Å². The van der Waals surface area contributed by atoms with Crippen LogP contribution in [0, 0.1) is 5.92 Å². The van der Waals surface area contributed by atoms with Gasteiger partial charge in [0.15, 0.2) is 0 Å². The Kier molecular flexibility index (Phi) is 9.58. The van der Waals surface area contributed by atoms with E-state index in [4.69, 9.17) is 10.5 Å². The van der Waals surface area contributed by atoms with Crippen molar-refractivity contribution in [3.05, 3.63) is 95.6 Å². The van der Waals surface area contributed by atoms with Crippen LogP contribution in [-0.2, 0) is 11.3 Å². The average Bonchev–Trinajstić information content (AvgIpc) is 2.78. The van der Waals surface area contributed by atoms with E-state index in [-0.39, 0.29) is 36.6 Å². The number of piperidine rings is 1. The summed E-state index contributed by atoms with van der Waals surface area (Å²) >= 11 is 0. The van der Waals surface area contributed by atoms with Gasteiger partial charge >= 0.3 is 0 Å². The highest BCUT2D eigenvalue weighted by atomic mass is 35.5. The van der Waals surface area contributed by atoms with Gasteiger partial charge in [-0.3, -0.25) is 9.69 Å². The van der Waals surface area contributed by atoms with Crippen LogP contribution in [0.25, 0.3) is 0 Å². The Labute approximate surface area is 202 Å². The van der Waals surface area contributed by atoms with Crippen LogP contribution < -0.4 is 10.5 Å². The topological polar surface area (TPSA) is 55.6 Å². The van der Waals surface area contributed by atoms with Crippen LogP contribution >= 0.6 is 24.8 Å². The third-order valence-corrected chi connectivity index (χ3v) is 5.96. The molecule has 0 bridgehead atoms. The molecule has 1 atom stereocenters. The van der Waals surface area contributed by atoms with Crippen LogP contribution in [0.3, 0.4) is 0 Å². The molecule has 0 saturated carbocycles. The number of hydrogen-bond donors (Lipinski definition) is 1. The highest BCUT2D eigenvalue weighted by Gasteiger charge is 2.35. The molecule has 1 unspecified atom stereocenters. The second kappa shape index (κ2) is 11.9. The molecular formula is C26H30Cl2N2O2. The zero-order valence-electron chi connectivity index (χ0n) is 18.1. The predicted molar refractivity (Wildman–Crippen MR) is 135 cm³/mol. The molecule has 4 nitrogen and oxygen atoms in total. The first-order valence-corrected chi connectivity index (χ1v) is 10.4. The lowest BCUT2D eigenvalue weighted by molar-refractivity contribution is -0.126. The summed E-state index contributed by atoms with van der Waals surface area (Å²) in [5, 5.41) is 0. The van der Waals surface area contributed by atoms with E-state index in [9.17, 15) is 4.79 Å². The van der Waals surface area contributed by atoms with E-state index >= 15 is 0 Å². The van der Waals surface area contributed by atoms with Crippen molar-refractivity contribution in [1.29, 1.82) is 0 Å². The van der Waals surface area contributed by atoms with Crippen LogP contribution in [0.2, 0.25) is 0 Å². The lowest BCUT2D eigenvalue weighted by Crippen LogP contribution is -2.43. The molecule has 3 aromatic rings. The SMILES string of the molecule is COc1ccc(N)cc1CN1CCC(=O)C(C(c2ccccc2)c2ccccc2)C1.Cl.Cl. The number of carbonyl (C=O) groups excluding carboxylic acids is 1. The zero-order chi connectivity index (χ0) is 20.9. The van der Waals surface area contributed by atoms with Gasteiger partial charge in [0.05, 0.1) is 7.11 Å². The molecule has 1 saturated heterocycles. The summed E-state index contributed by atoms with van der Waals surface area (Å²) in [5.41, 5.74) is 10.2. The smallest absolute Gasteiger partial charge is 0.139 e. The number of ether oxygens (including phenoxy) is 1. The van der Waals surface area contributed by atoms with Crippen LogP contribution in [0.4, 0.5) is 5.69 Å². The van der Waals surface area contributed by atoms with Gasteiger partial charge in [-0.25, -0.2) is 0 Å². The zero-order valence-corrected chi connectivity index (χ0v) is 19.8. The molecule has 2 N–H and O–H groups in total. The van der Waals surface area contributed by atoms with Crippen LogP contribution in [0.1, 0.15) is 29.0 Å². The van der Waals surface area contributed by atoms with Crippen molar-refractivity contribution in [2.45, 2.75) is 18.9 Å². The van der Waals surface area contributed by atoms with E-state index < -0.39 is 0 Å². The number of nitrogens with two attached hydrogens (primary N) is 1. The number of rotatable bonds is 6. The molecule has 4 rings (SSSR count). The molecule has 0 radical (unpaired) electrons. The average molecular weight is 473 g/mol. The standard InChI is InChI=1S/C26H28N2O2.2ClH/c1-30-25-13-12-22(27)16-21(25)17-28-15-14-24(29)23(18-28)26(19-8-4-2-5-9-19)20-10-6-3-7-11-20;;/h2-13,16,23,26H,14-15,17-18,27H2,1H3;2*1H. The second-order valence-corrected chi connectivity index (χ2v) is 7.93. The first-order valence-electron chi connectivity index (χ1n) is 10.4.